The Balaban J connectivity index is 1.88. The van der Waals surface area contributed by atoms with Crippen molar-refractivity contribution in [2.45, 2.75) is 32.4 Å². The number of carbonyl (C=O) groups is 1. The Morgan fingerprint density at radius 3 is 2.86 bits per heavy atom. The predicted molar refractivity (Wildman–Crippen MR) is 52.7 cm³/mol. The highest BCUT2D eigenvalue weighted by Crippen LogP contribution is 2.22. The first kappa shape index (κ1) is 9.93. The molecule has 4 nitrogen and oxygen atoms in total. The lowest BCUT2D eigenvalue weighted by Crippen LogP contribution is -2.35. The third-order valence-corrected chi connectivity index (χ3v) is 3.26. The molecule has 0 aromatic carbocycles. The van der Waals surface area contributed by atoms with Gasteiger partial charge >= 0.3 is 0 Å². The molecule has 2 aliphatic heterocycles. The van der Waals surface area contributed by atoms with Gasteiger partial charge in [-0.05, 0) is 20.3 Å². The average molecular weight is 198 g/mol. The van der Waals surface area contributed by atoms with E-state index in [9.17, 15) is 4.79 Å². The van der Waals surface area contributed by atoms with Crippen molar-refractivity contribution in [2.75, 3.05) is 19.8 Å². The van der Waals surface area contributed by atoms with Crippen LogP contribution in [0.15, 0.2) is 0 Å². The summed E-state index contributed by atoms with van der Waals surface area (Å²) >= 11 is 0. The molecule has 0 spiro atoms. The second-order valence-electron chi connectivity index (χ2n) is 4.27. The quantitative estimate of drug-likeness (QED) is 0.688. The van der Waals surface area contributed by atoms with E-state index >= 15 is 0 Å². The molecule has 0 saturated carbocycles. The normalized spacial score (nSPS) is 38.3. The molecule has 3 atom stereocenters. The molecule has 0 aromatic rings. The van der Waals surface area contributed by atoms with Crippen molar-refractivity contribution in [3.63, 3.8) is 0 Å². The van der Waals surface area contributed by atoms with Crippen molar-refractivity contribution in [1.29, 1.82) is 0 Å². The molecule has 1 amide bonds. The van der Waals surface area contributed by atoms with Gasteiger partial charge in [-0.1, -0.05) is 0 Å². The Hall–Kier alpha value is -0.610. The van der Waals surface area contributed by atoms with Crippen LogP contribution in [0.2, 0.25) is 0 Å². The second kappa shape index (κ2) is 3.87. The van der Waals surface area contributed by atoms with Crippen LogP contribution in [0.25, 0.3) is 0 Å². The van der Waals surface area contributed by atoms with E-state index in [1.54, 1.807) is 0 Å². The minimum atomic E-state index is -0.00683. The van der Waals surface area contributed by atoms with Crippen molar-refractivity contribution < 1.29 is 9.53 Å². The van der Waals surface area contributed by atoms with E-state index < -0.39 is 0 Å². The lowest BCUT2D eigenvalue weighted by atomic mass is 10.0. The summed E-state index contributed by atoms with van der Waals surface area (Å²) in [5.74, 6) is 0.746. The van der Waals surface area contributed by atoms with Gasteiger partial charge in [0, 0.05) is 19.1 Å². The topological polar surface area (TPSA) is 41.6 Å². The van der Waals surface area contributed by atoms with E-state index in [2.05, 4.69) is 12.2 Å². The van der Waals surface area contributed by atoms with Crippen molar-refractivity contribution in [3.8, 4) is 0 Å². The first-order chi connectivity index (χ1) is 6.68. The van der Waals surface area contributed by atoms with Crippen LogP contribution in [0.3, 0.4) is 0 Å². The highest BCUT2D eigenvalue weighted by molar-refractivity contribution is 5.83. The monoisotopic (exact) mass is 198 g/mol. The molecule has 2 rings (SSSR count). The largest absolute Gasteiger partial charge is 0.378 e. The molecule has 1 N–H and O–H groups in total. The van der Waals surface area contributed by atoms with Gasteiger partial charge in [0.1, 0.15) is 0 Å². The molecule has 0 radical (unpaired) electrons. The molecular formula is C10H18N2O2. The number of rotatable bonds is 2. The van der Waals surface area contributed by atoms with Gasteiger partial charge in [0.25, 0.3) is 0 Å². The number of hydrogen-bond acceptors (Lipinski definition) is 3. The third-order valence-electron chi connectivity index (χ3n) is 3.26. The molecule has 14 heavy (non-hydrogen) atoms. The van der Waals surface area contributed by atoms with Gasteiger partial charge in [-0.15, -0.1) is 0 Å². The van der Waals surface area contributed by atoms with E-state index in [0.29, 0.717) is 18.7 Å². The van der Waals surface area contributed by atoms with E-state index in [0.717, 1.165) is 19.6 Å². The first-order valence-corrected chi connectivity index (χ1v) is 5.32. The zero-order valence-corrected chi connectivity index (χ0v) is 8.82. The highest BCUT2D eigenvalue weighted by atomic mass is 16.5. The molecule has 0 aliphatic carbocycles. The summed E-state index contributed by atoms with van der Waals surface area (Å²) in [5.41, 5.74) is 0. The maximum Gasteiger partial charge on any atom is 0.240 e. The molecule has 2 saturated heterocycles. The minimum Gasteiger partial charge on any atom is -0.378 e. The van der Waals surface area contributed by atoms with Crippen LogP contribution in [0.1, 0.15) is 20.3 Å². The third kappa shape index (κ3) is 1.77. The average Bonchev–Trinajstić information content (AvgIpc) is 2.68. The zero-order valence-electron chi connectivity index (χ0n) is 8.82. The Morgan fingerprint density at radius 2 is 2.36 bits per heavy atom. The molecule has 0 bridgehead atoms. The maximum atomic E-state index is 11.6. The van der Waals surface area contributed by atoms with Crippen molar-refractivity contribution in [2.24, 2.45) is 5.92 Å². The van der Waals surface area contributed by atoms with Gasteiger partial charge < -0.3 is 9.64 Å². The SMILES string of the molecule is CC1NCN(CC2CCOC2C)C1=O. The number of nitrogens with zero attached hydrogens (tertiary/aromatic N) is 1. The fourth-order valence-corrected chi connectivity index (χ4v) is 2.14. The van der Waals surface area contributed by atoms with Gasteiger partial charge in [-0.25, -0.2) is 0 Å². The van der Waals surface area contributed by atoms with E-state index in [1.807, 2.05) is 11.8 Å². The number of hydrogen-bond donors (Lipinski definition) is 1. The van der Waals surface area contributed by atoms with Gasteiger partial charge in [0.05, 0.1) is 18.8 Å². The van der Waals surface area contributed by atoms with Crippen molar-refractivity contribution in [1.82, 2.24) is 10.2 Å². The lowest BCUT2D eigenvalue weighted by molar-refractivity contribution is -0.129. The molecule has 4 heteroatoms. The fraction of sp³-hybridized carbons (Fsp3) is 0.900. The Labute approximate surface area is 84.6 Å². The second-order valence-corrected chi connectivity index (χ2v) is 4.27. The molecule has 3 unspecified atom stereocenters. The number of amides is 1. The predicted octanol–water partition coefficient (Wildman–Crippen LogP) is 0.189. The van der Waals surface area contributed by atoms with Crippen molar-refractivity contribution >= 4 is 5.91 Å². The molecule has 0 aromatic heterocycles. The van der Waals surface area contributed by atoms with Gasteiger partial charge in [0.15, 0.2) is 0 Å². The summed E-state index contributed by atoms with van der Waals surface area (Å²) in [6.45, 7) is 6.39. The first-order valence-electron chi connectivity index (χ1n) is 5.32. The summed E-state index contributed by atoms with van der Waals surface area (Å²) in [7, 11) is 0. The van der Waals surface area contributed by atoms with Crippen LogP contribution in [0, 0.1) is 5.92 Å². The highest BCUT2D eigenvalue weighted by Gasteiger charge is 2.32. The molecule has 2 fully saturated rings. The fourth-order valence-electron chi connectivity index (χ4n) is 2.14. The van der Waals surface area contributed by atoms with Crippen LogP contribution in [-0.4, -0.2) is 42.8 Å². The smallest absolute Gasteiger partial charge is 0.240 e. The standard InChI is InChI=1S/C10H18N2O2/c1-7-10(13)12(6-11-7)5-9-3-4-14-8(9)2/h7-9,11H,3-6H2,1-2H3. The Bertz CT molecular complexity index is 232. The summed E-state index contributed by atoms with van der Waals surface area (Å²) in [6.07, 6.45) is 1.39. The Morgan fingerprint density at radius 1 is 1.57 bits per heavy atom. The number of carbonyl (C=O) groups excluding carboxylic acids is 1. The molecule has 80 valence electrons. The maximum absolute atomic E-state index is 11.6. The van der Waals surface area contributed by atoms with Gasteiger partial charge in [0.2, 0.25) is 5.91 Å². The number of ether oxygens (including phenoxy) is 1. The van der Waals surface area contributed by atoms with Crippen LogP contribution in [-0.2, 0) is 9.53 Å². The molecule has 2 aliphatic rings. The van der Waals surface area contributed by atoms with Crippen LogP contribution < -0.4 is 5.32 Å². The minimum absolute atomic E-state index is 0.00683. The summed E-state index contributed by atoms with van der Waals surface area (Å²) in [4.78, 5) is 13.5. The van der Waals surface area contributed by atoms with Crippen LogP contribution >= 0.6 is 0 Å². The van der Waals surface area contributed by atoms with Gasteiger partial charge in [-0.3, -0.25) is 10.1 Å². The summed E-state index contributed by atoms with van der Waals surface area (Å²) in [5, 5.41) is 3.14. The molecule has 2 heterocycles. The summed E-state index contributed by atoms with van der Waals surface area (Å²) < 4.78 is 5.48. The molecular weight excluding hydrogens is 180 g/mol. The van der Waals surface area contributed by atoms with Gasteiger partial charge in [-0.2, -0.15) is 0 Å². The van der Waals surface area contributed by atoms with E-state index in [4.69, 9.17) is 4.74 Å². The number of nitrogens with one attached hydrogen (secondary N) is 1. The zero-order chi connectivity index (χ0) is 10.1. The van der Waals surface area contributed by atoms with Crippen LogP contribution in [0.4, 0.5) is 0 Å². The van der Waals surface area contributed by atoms with E-state index in [-0.39, 0.29) is 11.9 Å². The van der Waals surface area contributed by atoms with E-state index in [1.165, 1.54) is 0 Å². The van der Waals surface area contributed by atoms with Crippen molar-refractivity contribution in [3.05, 3.63) is 0 Å². The lowest BCUT2D eigenvalue weighted by Gasteiger charge is -2.21. The van der Waals surface area contributed by atoms with Crippen LogP contribution in [0.5, 0.6) is 0 Å². The summed E-state index contributed by atoms with van der Waals surface area (Å²) in [6, 6.07) is -0.00683. The Kier molecular flexibility index (Phi) is 2.74.